The molecule has 8 nitrogen and oxygen atoms in total. The predicted molar refractivity (Wildman–Crippen MR) is 136 cm³/mol. The van der Waals surface area contributed by atoms with Crippen LogP contribution in [-0.4, -0.2) is 62.6 Å². The number of pyridine rings is 1. The molecule has 2 aromatic heterocycles. The van der Waals surface area contributed by atoms with Crippen LogP contribution in [0.15, 0.2) is 84.3 Å². The minimum absolute atomic E-state index is 0.0935. The summed E-state index contributed by atoms with van der Waals surface area (Å²) in [4.78, 5) is 19.4. The zero-order valence-electron chi connectivity index (χ0n) is 19.2. The van der Waals surface area contributed by atoms with Crippen molar-refractivity contribution >= 4 is 23.4 Å². The Kier molecular flexibility index (Phi) is 7.47. The largest absolute Gasteiger partial charge is 0.379 e. The maximum absolute atomic E-state index is 12.8. The first-order chi connectivity index (χ1) is 17.3. The summed E-state index contributed by atoms with van der Waals surface area (Å²) < 4.78 is 7.38. The van der Waals surface area contributed by atoms with Crippen LogP contribution in [0.2, 0.25) is 0 Å². The Bertz CT molecular complexity index is 1260. The molecule has 178 valence electrons. The van der Waals surface area contributed by atoms with Crippen LogP contribution in [0.25, 0.3) is 17.1 Å². The van der Waals surface area contributed by atoms with Gasteiger partial charge < -0.3 is 10.1 Å². The molecule has 0 bridgehead atoms. The lowest BCUT2D eigenvalue weighted by molar-refractivity contribution is -0.113. The van der Waals surface area contributed by atoms with Gasteiger partial charge in [-0.1, -0.05) is 42.1 Å². The number of nitrogens with one attached hydrogen (secondary N) is 1. The van der Waals surface area contributed by atoms with Gasteiger partial charge in [-0.25, -0.2) is 0 Å². The van der Waals surface area contributed by atoms with Gasteiger partial charge in [0, 0.05) is 49.0 Å². The third-order valence-corrected chi connectivity index (χ3v) is 6.55. The van der Waals surface area contributed by atoms with E-state index in [2.05, 4.69) is 31.5 Å². The van der Waals surface area contributed by atoms with E-state index in [1.54, 1.807) is 12.4 Å². The van der Waals surface area contributed by atoms with Crippen molar-refractivity contribution in [3.05, 3.63) is 84.7 Å². The van der Waals surface area contributed by atoms with E-state index in [4.69, 9.17) is 4.74 Å². The summed E-state index contributed by atoms with van der Waals surface area (Å²) in [5.41, 5.74) is 3.75. The first-order valence-electron chi connectivity index (χ1n) is 11.5. The Labute approximate surface area is 208 Å². The van der Waals surface area contributed by atoms with Gasteiger partial charge in [0.25, 0.3) is 0 Å². The highest BCUT2D eigenvalue weighted by atomic mass is 32.2. The van der Waals surface area contributed by atoms with Crippen molar-refractivity contribution in [1.29, 1.82) is 0 Å². The summed E-state index contributed by atoms with van der Waals surface area (Å²) in [6.07, 6.45) is 3.48. The molecule has 1 N–H and O–H groups in total. The van der Waals surface area contributed by atoms with Crippen molar-refractivity contribution in [2.75, 3.05) is 37.4 Å². The van der Waals surface area contributed by atoms with Crippen LogP contribution in [0.5, 0.6) is 0 Å². The molecule has 1 amide bonds. The lowest BCUT2D eigenvalue weighted by Gasteiger charge is -2.26. The molecular weight excluding hydrogens is 460 g/mol. The summed E-state index contributed by atoms with van der Waals surface area (Å²) in [5.74, 6) is 0.804. The van der Waals surface area contributed by atoms with Gasteiger partial charge in [0.15, 0.2) is 11.0 Å². The summed E-state index contributed by atoms with van der Waals surface area (Å²) in [5, 5.41) is 12.4. The summed E-state index contributed by atoms with van der Waals surface area (Å²) in [6, 6.07) is 21.7. The quantitative estimate of drug-likeness (QED) is 0.378. The fraction of sp³-hybridized carbons (Fsp3) is 0.231. The van der Waals surface area contributed by atoms with Crippen molar-refractivity contribution in [1.82, 2.24) is 24.6 Å². The van der Waals surface area contributed by atoms with Crippen molar-refractivity contribution in [3.63, 3.8) is 0 Å². The second-order valence-corrected chi connectivity index (χ2v) is 9.09. The molecule has 9 heteroatoms. The maximum atomic E-state index is 12.8. The summed E-state index contributed by atoms with van der Waals surface area (Å²) in [6.45, 7) is 4.24. The Hall–Kier alpha value is -3.53. The molecule has 1 fully saturated rings. The number of carbonyl (C=O) groups is 1. The van der Waals surface area contributed by atoms with Gasteiger partial charge in [-0.3, -0.25) is 19.2 Å². The van der Waals surface area contributed by atoms with Crippen LogP contribution in [-0.2, 0) is 16.1 Å². The smallest absolute Gasteiger partial charge is 0.234 e. The molecule has 0 aliphatic carbocycles. The van der Waals surface area contributed by atoms with Crippen LogP contribution in [0.1, 0.15) is 5.56 Å². The Morgan fingerprint density at radius 1 is 1.00 bits per heavy atom. The highest BCUT2D eigenvalue weighted by Crippen LogP contribution is 2.27. The van der Waals surface area contributed by atoms with Crippen molar-refractivity contribution < 1.29 is 9.53 Å². The monoisotopic (exact) mass is 486 g/mol. The van der Waals surface area contributed by atoms with Gasteiger partial charge >= 0.3 is 0 Å². The molecule has 35 heavy (non-hydrogen) atoms. The number of carbonyl (C=O) groups excluding carboxylic acids is 1. The number of rotatable bonds is 8. The number of amides is 1. The predicted octanol–water partition coefficient (Wildman–Crippen LogP) is 3.89. The Balaban J connectivity index is 1.27. The Morgan fingerprint density at radius 3 is 2.66 bits per heavy atom. The first-order valence-corrected chi connectivity index (χ1v) is 12.5. The number of hydrogen-bond donors (Lipinski definition) is 1. The molecule has 3 heterocycles. The fourth-order valence-corrected chi connectivity index (χ4v) is 4.70. The van der Waals surface area contributed by atoms with E-state index in [1.807, 2.05) is 65.2 Å². The van der Waals surface area contributed by atoms with Crippen molar-refractivity contribution in [3.8, 4) is 17.1 Å². The number of morpholine rings is 1. The molecule has 2 aromatic carbocycles. The third-order valence-electron chi connectivity index (χ3n) is 5.62. The van der Waals surface area contributed by atoms with E-state index in [1.165, 1.54) is 17.3 Å². The van der Waals surface area contributed by atoms with E-state index in [-0.39, 0.29) is 11.7 Å². The van der Waals surface area contributed by atoms with Gasteiger partial charge in [-0.2, -0.15) is 0 Å². The highest BCUT2D eigenvalue weighted by Gasteiger charge is 2.17. The van der Waals surface area contributed by atoms with Crippen LogP contribution < -0.4 is 5.32 Å². The second-order valence-electron chi connectivity index (χ2n) is 8.14. The molecule has 0 unspecified atom stereocenters. The lowest BCUT2D eigenvalue weighted by Crippen LogP contribution is -2.35. The minimum atomic E-state index is -0.0935. The van der Waals surface area contributed by atoms with Gasteiger partial charge in [0.05, 0.1) is 19.0 Å². The molecule has 4 aromatic rings. The number of nitrogens with zero attached hydrogens (tertiary/aromatic N) is 5. The molecule has 0 spiro atoms. The number of para-hydroxylation sites is 1. The molecular formula is C26H26N6O2S. The van der Waals surface area contributed by atoms with E-state index < -0.39 is 0 Å². The van der Waals surface area contributed by atoms with Gasteiger partial charge in [0.1, 0.15) is 0 Å². The molecule has 0 radical (unpaired) electrons. The summed E-state index contributed by atoms with van der Waals surface area (Å²) in [7, 11) is 0. The third kappa shape index (κ3) is 5.94. The zero-order valence-corrected chi connectivity index (χ0v) is 20.0. The van der Waals surface area contributed by atoms with Gasteiger partial charge in [-0.15, -0.1) is 10.2 Å². The van der Waals surface area contributed by atoms with E-state index in [0.717, 1.165) is 49.8 Å². The second kappa shape index (κ2) is 11.3. The number of hydrogen-bond acceptors (Lipinski definition) is 7. The summed E-state index contributed by atoms with van der Waals surface area (Å²) >= 11 is 1.35. The van der Waals surface area contributed by atoms with Gasteiger partial charge in [0.2, 0.25) is 5.91 Å². The minimum Gasteiger partial charge on any atom is -0.379 e. The van der Waals surface area contributed by atoms with Crippen LogP contribution in [0.3, 0.4) is 0 Å². The van der Waals surface area contributed by atoms with E-state index >= 15 is 0 Å². The zero-order chi connectivity index (χ0) is 23.9. The molecule has 0 atom stereocenters. The molecule has 0 saturated carbocycles. The molecule has 1 saturated heterocycles. The molecule has 1 aliphatic heterocycles. The topological polar surface area (TPSA) is 85.2 Å². The maximum Gasteiger partial charge on any atom is 0.234 e. The molecule has 5 rings (SSSR count). The lowest BCUT2D eigenvalue weighted by atomic mass is 10.2. The SMILES string of the molecule is O=C(CSc1nnc(-c2cccnc2)n1-c1ccccc1)Nc1cccc(CN2CCOCC2)c1. The average Bonchev–Trinajstić information content (AvgIpc) is 3.33. The normalized spacial score (nSPS) is 14.1. The van der Waals surface area contributed by atoms with Crippen molar-refractivity contribution in [2.45, 2.75) is 11.7 Å². The van der Waals surface area contributed by atoms with E-state index in [9.17, 15) is 4.79 Å². The standard InChI is InChI=1S/C26H26N6O2S/c33-24(28-22-8-4-6-20(16-22)18-31-12-14-34-15-13-31)19-35-26-30-29-25(21-7-5-11-27-17-21)32(26)23-9-2-1-3-10-23/h1-11,16-17H,12-15,18-19H2,(H,28,33). The Morgan fingerprint density at radius 2 is 1.86 bits per heavy atom. The van der Waals surface area contributed by atoms with Crippen LogP contribution in [0, 0.1) is 0 Å². The van der Waals surface area contributed by atoms with Crippen LogP contribution >= 0.6 is 11.8 Å². The number of anilines is 1. The van der Waals surface area contributed by atoms with Gasteiger partial charge in [-0.05, 0) is 42.0 Å². The fourth-order valence-electron chi connectivity index (χ4n) is 3.95. The molecule has 1 aliphatic rings. The number of ether oxygens (including phenoxy) is 1. The average molecular weight is 487 g/mol. The number of benzene rings is 2. The highest BCUT2D eigenvalue weighted by molar-refractivity contribution is 7.99. The first kappa shape index (κ1) is 23.2. The number of aromatic nitrogens is 4. The van der Waals surface area contributed by atoms with Crippen molar-refractivity contribution in [2.24, 2.45) is 0 Å². The van der Waals surface area contributed by atoms with E-state index in [0.29, 0.717) is 11.0 Å². The van der Waals surface area contributed by atoms with Crippen LogP contribution in [0.4, 0.5) is 5.69 Å². The number of thioether (sulfide) groups is 1.